The predicted octanol–water partition coefficient (Wildman–Crippen LogP) is 4.77. The average Bonchev–Trinajstić information content (AvgIpc) is 2.87. The van der Waals surface area contributed by atoms with Crippen molar-refractivity contribution in [3.63, 3.8) is 0 Å². The number of rotatable bonds is 20. The molecule has 0 bridgehead atoms. The van der Waals surface area contributed by atoms with E-state index in [1.807, 2.05) is 34.6 Å². The van der Waals surface area contributed by atoms with Gasteiger partial charge in [0.25, 0.3) is 5.97 Å². The van der Waals surface area contributed by atoms with Crippen molar-refractivity contribution in [1.29, 1.82) is 0 Å². The quantitative estimate of drug-likeness (QED) is 0.0877. The molecule has 0 rings (SSSR count). The van der Waals surface area contributed by atoms with Crippen molar-refractivity contribution >= 4 is 33.6 Å². The summed E-state index contributed by atoms with van der Waals surface area (Å²) in [7, 11) is 0.241. The lowest BCUT2D eigenvalue weighted by molar-refractivity contribution is -0.169. The Morgan fingerprint density at radius 3 is 1.92 bits per heavy atom. The van der Waals surface area contributed by atoms with E-state index in [0.717, 1.165) is 12.8 Å². The van der Waals surface area contributed by atoms with Gasteiger partial charge >= 0.3 is 17.9 Å². The molecule has 0 heterocycles. The minimum absolute atomic E-state index is 0.0111. The number of hydrogen-bond donors (Lipinski definition) is 0. The first-order valence-corrected chi connectivity index (χ1v) is 15.7. The van der Waals surface area contributed by atoms with E-state index in [2.05, 4.69) is 0 Å². The standard InChI is InChI=1S/C29H54O9Si/c1-11-14-15-36-24(31)27(6,7)19-29(9,25(32)34-10)20-28(8,26(33)37-17-16-35-13-3)18-22(12-2)23(30)38-39-21(4)5/h21-22H,11-20,39H2,1-10H3. The third kappa shape index (κ3) is 12.8. The Balaban J connectivity index is 6.24. The van der Waals surface area contributed by atoms with Gasteiger partial charge in [0.05, 0.1) is 42.5 Å². The molecule has 0 saturated heterocycles. The highest BCUT2D eigenvalue weighted by Gasteiger charge is 2.51. The minimum atomic E-state index is -1.25. The molecule has 0 aromatic carbocycles. The Kier molecular flexibility index (Phi) is 16.8. The van der Waals surface area contributed by atoms with Crippen LogP contribution in [0.3, 0.4) is 0 Å². The molecule has 0 radical (unpaired) electrons. The normalized spacial score (nSPS) is 15.9. The Labute approximate surface area is 238 Å². The molecule has 0 spiro atoms. The third-order valence-electron chi connectivity index (χ3n) is 6.81. The molecule has 39 heavy (non-hydrogen) atoms. The van der Waals surface area contributed by atoms with Gasteiger partial charge in [0.1, 0.15) is 6.61 Å². The number of carbonyl (C=O) groups excluding carboxylic acids is 4. The lowest BCUT2D eigenvalue weighted by Crippen LogP contribution is -2.45. The van der Waals surface area contributed by atoms with Gasteiger partial charge in [0, 0.05) is 6.61 Å². The Morgan fingerprint density at radius 2 is 1.41 bits per heavy atom. The summed E-state index contributed by atoms with van der Waals surface area (Å²) in [5.74, 6) is -2.37. The fraction of sp³-hybridized carbons (Fsp3) is 0.862. The highest BCUT2D eigenvalue weighted by molar-refractivity contribution is 6.32. The van der Waals surface area contributed by atoms with Gasteiger partial charge in [-0.05, 0) is 72.3 Å². The van der Waals surface area contributed by atoms with Gasteiger partial charge in [0.2, 0.25) is 9.76 Å². The summed E-state index contributed by atoms with van der Waals surface area (Å²) in [5, 5.41) is 0. The van der Waals surface area contributed by atoms with Gasteiger partial charge in [-0.25, -0.2) is 0 Å². The second-order valence-electron chi connectivity index (χ2n) is 12.0. The van der Waals surface area contributed by atoms with Crippen molar-refractivity contribution in [2.45, 2.75) is 106 Å². The van der Waals surface area contributed by atoms with Crippen LogP contribution in [-0.4, -0.2) is 67.2 Å². The molecule has 0 aromatic heterocycles. The van der Waals surface area contributed by atoms with Gasteiger partial charge in [-0.3, -0.25) is 19.2 Å². The van der Waals surface area contributed by atoms with E-state index in [0.29, 0.717) is 25.2 Å². The van der Waals surface area contributed by atoms with Gasteiger partial charge < -0.3 is 23.4 Å². The van der Waals surface area contributed by atoms with Crippen LogP contribution in [0.15, 0.2) is 0 Å². The summed E-state index contributed by atoms with van der Waals surface area (Å²) in [6, 6.07) is 0. The largest absolute Gasteiger partial charge is 0.524 e. The molecule has 9 nitrogen and oxygen atoms in total. The van der Waals surface area contributed by atoms with Crippen LogP contribution in [-0.2, 0) is 42.6 Å². The summed E-state index contributed by atoms with van der Waals surface area (Å²) in [6.07, 6.45) is 2.33. The van der Waals surface area contributed by atoms with E-state index in [9.17, 15) is 19.2 Å². The molecule has 10 heteroatoms. The third-order valence-corrected chi connectivity index (χ3v) is 7.93. The van der Waals surface area contributed by atoms with Crippen molar-refractivity contribution < 1.29 is 42.6 Å². The number of methoxy groups -OCH3 is 1. The molecule has 0 aromatic rings. The van der Waals surface area contributed by atoms with Crippen LogP contribution >= 0.6 is 0 Å². The van der Waals surface area contributed by atoms with Crippen molar-refractivity contribution in [2.24, 2.45) is 22.2 Å². The number of esters is 3. The summed E-state index contributed by atoms with van der Waals surface area (Å²) in [5.41, 5.74) is -3.20. The minimum Gasteiger partial charge on any atom is -0.524 e. The number of ether oxygens (including phenoxy) is 4. The summed E-state index contributed by atoms with van der Waals surface area (Å²) in [4.78, 5) is 52.7. The van der Waals surface area contributed by atoms with Crippen LogP contribution < -0.4 is 0 Å². The topological polar surface area (TPSA) is 114 Å². The Hall–Kier alpha value is -1.94. The lowest BCUT2D eigenvalue weighted by atomic mass is 9.63. The zero-order valence-electron chi connectivity index (χ0n) is 26.1. The van der Waals surface area contributed by atoms with Crippen LogP contribution in [0.5, 0.6) is 0 Å². The molecule has 0 aliphatic heterocycles. The maximum absolute atomic E-state index is 13.6. The van der Waals surface area contributed by atoms with Gasteiger partial charge in [-0.15, -0.1) is 0 Å². The first-order chi connectivity index (χ1) is 18.1. The fourth-order valence-corrected chi connectivity index (χ4v) is 5.64. The number of unbranched alkanes of at least 4 members (excludes halogenated alkanes) is 1. The van der Waals surface area contributed by atoms with E-state index in [1.165, 1.54) is 7.11 Å². The zero-order chi connectivity index (χ0) is 30.3. The first-order valence-electron chi connectivity index (χ1n) is 14.3. The molecule has 0 amide bonds. The predicted molar refractivity (Wildman–Crippen MR) is 153 cm³/mol. The zero-order valence-corrected chi connectivity index (χ0v) is 27.5. The van der Waals surface area contributed by atoms with E-state index in [4.69, 9.17) is 23.4 Å². The fourth-order valence-electron chi connectivity index (χ4n) is 4.91. The van der Waals surface area contributed by atoms with E-state index < -0.39 is 49.8 Å². The first kappa shape index (κ1) is 37.1. The van der Waals surface area contributed by atoms with Crippen molar-refractivity contribution in [3.8, 4) is 0 Å². The van der Waals surface area contributed by atoms with Crippen molar-refractivity contribution in [3.05, 3.63) is 0 Å². The molecule has 0 fully saturated rings. The van der Waals surface area contributed by atoms with E-state index >= 15 is 0 Å². The summed E-state index contributed by atoms with van der Waals surface area (Å²) < 4.78 is 27.2. The summed E-state index contributed by atoms with van der Waals surface area (Å²) in [6.45, 7) is 17.7. The molecule has 0 aliphatic carbocycles. The maximum atomic E-state index is 13.6. The van der Waals surface area contributed by atoms with Crippen LogP contribution in [0.1, 0.15) is 101 Å². The number of carbonyl (C=O) groups is 4. The van der Waals surface area contributed by atoms with Gasteiger partial charge in [-0.2, -0.15) is 0 Å². The molecule has 3 unspecified atom stereocenters. The Bertz CT molecular complexity index is 783. The summed E-state index contributed by atoms with van der Waals surface area (Å²) >= 11 is 0. The molecular weight excluding hydrogens is 520 g/mol. The van der Waals surface area contributed by atoms with Crippen LogP contribution in [0.4, 0.5) is 0 Å². The molecule has 0 aliphatic rings. The van der Waals surface area contributed by atoms with Crippen molar-refractivity contribution in [2.75, 3.05) is 33.5 Å². The smallest absolute Gasteiger partial charge is 0.311 e. The van der Waals surface area contributed by atoms with E-state index in [1.54, 1.807) is 27.7 Å². The molecule has 0 saturated carbocycles. The molecule has 228 valence electrons. The Morgan fingerprint density at radius 1 is 0.795 bits per heavy atom. The SMILES string of the molecule is CCCCOC(=O)C(C)(C)CC(C)(CC(C)(CC(CC)C(=O)O[SiH2]C(C)C)C(=O)OCCOCC)C(=O)OC. The van der Waals surface area contributed by atoms with Crippen molar-refractivity contribution in [1.82, 2.24) is 0 Å². The van der Waals surface area contributed by atoms with Gasteiger partial charge in [-0.1, -0.05) is 34.1 Å². The average molecular weight is 575 g/mol. The lowest BCUT2D eigenvalue weighted by Gasteiger charge is -2.40. The maximum Gasteiger partial charge on any atom is 0.311 e. The second-order valence-corrected chi connectivity index (χ2v) is 14.3. The number of hydrogen-bond acceptors (Lipinski definition) is 9. The highest BCUT2D eigenvalue weighted by Crippen LogP contribution is 2.47. The van der Waals surface area contributed by atoms with Gasteiger partial charge in [0.15, 0.2) is 0 Å². The molecule has 3 atom stereocenters. The molecule has 0 N–H and O–H groups in total. The molecular formula is C29H54O9Si. The second kappa shape index (κ2) is 17.7. The monoisotopic (exact) mass is 574 g/mol. The van der Waals surface area contributed by atoms with E-state index in [-0.39, 0.29) is 38.4 Å². The highest BCUT2D eigenvalue weighted by atomic mass is 28.2. The van der Waals surface area contributed by atoms with Crippen LogP contribution in [0.2, 0.25) is 5.54 Å². The van der Waals surface area contributed by atoms with Crippen LogP contribution in [0, 0.1) is 22.2 Å². The van der Waals surface area contributed by atoms with Crippen LogP contribution in [0.25, 0.3) is 0 Å².